The molecule has 2 aromatic carbocycles. The van der Waals surface area contributed by atoms with E-state index in [1.165, 1.54) is 17.5 Å². The van der Waals surface area contributed by atoms with Crippen molar-refractivity contribution < 1.29 is 4.79 Å². The van der Waals surface area contributed by atoms with E-state index < -0.39 is 0 Å². The maximum absolute atomic E-state index is 12.3. The molecule has 0 radical (unpaired) electrons. The monoisotopic (exact) mass is 346 g/mol. The van der Waals surface area contributed by atoms with Crippen molar-refractivity contribution >= 4 is 11.7 Å². The van der Waals surface area contributed by atoms with Crippen LogP contribution in [0.5, 0.6) is 0 Å². The zero-order valence-corrected chi connectivity index (χ0v) is 14.8. The number of anilines is 1. The van der Waals surface area contributed by atoms with Gasteiger partial charge in [0, 0.05) is 19.2 Å². The van der Waals surface area contributed by atoms with Gasteiger partial charge in [-0.05, 0) is 24.5 Å². The molecule has 0 aliphatic carbocycles. The van der Waals surface area contributed by atoms with Crippen LogP contribution in [0.25, 0.3) is 0 Å². The van der Waals surface area contributed by atoms with E-state index >= 15 is 0 Å². The molecule has 1 amide bonds. The highest BCUT2D eigenvalue weighted by Gasteiger charge is 2.08. The van der Waals surface area contributed by atoms with Crippen molar-refractivity contribution in [3.05, 3.63) is 89.4 Å². The van der Waals surface area contributed by atoms with Crippen LogP contribution in [0.4, 0.5) is 5.82 Å². The first-order valence-electron chi connectivity index (χ1n) is 8.64. The molecule has 0 spiro atoms. The van der Waals surface area contributed by atoms with Gasteiger partial charge in [0.15, 0.2) is 0 Å². The highest BCUT2D eigenvalue weighted by atomic mass is 16.1. The van der Waals surface area contributed by atoms with Gasteiger partial charge in [-0.2, -0.15) is 0 Å². The molecule has 1 heterocycles. The lowest BCUT2D eigenvalue weighted by molar-refractivity contribution is 0.0949. The smallest absolute Gasteiger partial charge is 0.270 e. The molecule has 3 aromatic rings. The Bertz CT molecular complexity index is 865. The first-order chi connectivity index (χ1) is 12.7. The Morgan fingerprint density at radius 3 is 2.58 bits per heavy atom. The summed E-state index contributed by atoms with van der Waals surface area (Å²) < 4.78 is 0. The van der Waals surface area contributed by atoms with Gasteiger partial charge >= 0.3 is 0 Å². The van der Waals surface area contributed by atoms with Crippen LogP contribution in [0.3, 0.4) is 0 Å². The summed E-state index contributed by atoms with van der Waals surface area (Å²) in [6.45, 7) is 3.28. The summed E-state index contributed by atoms with van der Waals surface area (Å²) in [7, 11) is 0. The van der Waals surface area contributed by atoms with Gasteiger partial charge in [-0.1, -0.05) is 60.2 Å². The number of aromatic nitrogens is 2. The molecule has 26 heavy (non-hydrogen) atoms. The second-order valence-corrected chi connectivity index (χ2v) is 6.12. The van der Waals surface area contributed by atoms with Crippen molar-refractivity contribution in [2.24, 2.45) is 0 Å². The number of nitrogens with zero attached hydrogens (tertiary/aromatic N) is 2. The molecule has 0 saturated heterocycles. The standard InChI is InChI=1S/C21H22N4O/c1-16-6-5-9-18(12-16)14-23-20-13-19(24-15-25-20)21(26)22-11-10-17-7-3-2-4-8-17/h2-9,12-13,15H,10-11,14H2,1H3,(H,22,26)(H,23,24,25). The second-order valence-electron chi connectivity index (χ2n) is 6.12. The van der Waals surface area contributed by atoms with E-state index in [2.05, 4.69) is 45.7 Å². The molecular weight excluding hydrogens is 324 g/mol. The van der Waals surface area contributed by atoms with Crippen LogP contribution < -0.4 is 10.6 Å². The summed E-state index contributed by atoms with van der Waals surface area (Å²) >= 11 is 0. The number of carbonyl (C=O) groups is 1. The normalized spacial score (nSPS) is 10.3. The van der Waals surface area contributed by atoms with E-state index in [-0.39, 0.29) is 5.91 Å². The highest BCUT2D eigenvalue weighted by Crippen LogP contribution is 2.09. The van der Waals surface area contributed by atoms with Gasteiger partial charge in [-0.25, -0.2) is 9.97 Å². The number of carbonyl (C=O) groups excluding carboxylic acids is 1. The fourth-order valence-electron chi connectivity index (χ4n) is 2.65. The van der Waals surface area contributed by atoms with Crippen LogP contribution in [0, 0.1) is 6.92 Å². The number of benzene rings is 2. The van der Waals surface area contributed by atoms with Gasteiger partial charge in [-0.3, -0.25) is 4.79 Å². The summed E-state index contributed by atoms with van der Waals surface area (Å²) in [5.74, 6) is 0.441. The number of hydrogen-bond donors (Lipinski definition) is 2. The van der Waals surface area contributed by atoms with Gasteiger partial charge in [0.2, 0.25) is 0 Å². The van der Waals surface area contributed by atoms with Crippen LogP contribution in [0.15, 0.2) is 67.0 Å². The van der Waals surface area contributed by atoms with E-state index in [1.807, 2.05) is 36.4 Å². The minimum Gasteiger partial charge on any atom is -0.366 e. The van der Waals surface area contributed by atoms with E-state index in [4.69, 9.17) is 0 Å². The average molecular weight is 346 g/mol. The van der Waals surface area contributed by atoms with Gasteiger partial charge in [0.25, 0.3) is 5.91 Å². The summed E-state index contributed by atoms with van der Waals surface area (Å²) in [4.78, 5) is 20.5. The van der Waals surface area contributed by atoms with Crippen LogP contribution >= 0.6 is 0 Å². The number of amides is 1. The van der Waals surface area contributed by atoms with E-state index in [9.17, 15) is 4.79 Å². The number of rotatable bonds is 7. The van der Waals surface area contributed by atoms with Gasteiger partial charge in [-0.15, -0.1) is 0 Å². The molecule has 0 aliphatic heterocycles. The third kappa shape index (κ3) is 5.14. The molecule has 5 nitrogen and oxygen atoms in total. The summed E-state index contributed by atoms with van der Waals surface area (Å²) in [5, 5.41) is 6.13. The molecule has 0 saturated carbocycles. The molecule has 0 aliphatic rings. The van der Waals surface area contributed by atoms with E-state index in [0.717, 1.165) is 12.0 Å². The van der Waals surface area contributed by atoms with Crippen LogP contribution in [0.1, 0.15) is 27.2 Å². The van der Waals surface area contributed by atoms with Gasteiger partial charge in [0.05, 0.1) is 0 Å². The Morgan fingerprint density at radius 2 is 1.77 bits per heavy atom. The van der Waals surface area contributed by atoms with Gasteiger partial charge < -0.3 is 10.6 Å². The quantitative estimate of drug-likeness (QED) is 0.688. The topological polar surface area (TPSA) is 66.9 Å². The third-order valence-electron chi connectivity index (χ3n) is 4.00. The molecule has 0 atom stereocenters. The maximum Gasteiger partial charge on any atom is 0.270 e. The lowest BCUT2D eigenvalue weighted by atomic mass is 10.1. The van der Waals surface area contributed by atoms with Gasteiger partial charge in [0.1, 0.15) is 17.8 Å². The second kappa shape index (κ2) is 8.76. The van der Waals surface area contributed by atoms with Crippen molar-refractivity contribution in [3.8, 4) is 0 Å². The Balaban J connectivity index is 1.53. The van der Waals surface area contributed by atoms with Crippen LogP contribution in [-0.2, 0) is 13.0 Å². The molecule has 0 bridgehead atoms. The highest BCUT2D eigenvalue weighted by molar-refractivity contribution is 5.92. The fourth-order valence-corrected chi connectivity index (χ4v) is 2.65. The minimum atomic E-state index is -0.193. The van der Waals surface area contributed by atoms with Crippen molar-refractivity contribution in [1.82, 2.24) is 15.3 Å². The van der Waals surface area contributed by atoms with Crippen molar-refractivity contribution in [3.63, 3.8) is 0 Å². The van der Waals surface area contributed by atoms with E-state index in [1.54, 1.807) is 6.07 Å². The Kier molecular flexibility index (Phi) is 5.93. The predicted octanol–water partition coefficient (Wildman–Crippen LogP) is 3.37. The number of nitrogens with one attached hydrogen (secondary N) is 2. The maximum atomic E-state index is 12.3. The molecule has 5 heteroatoms. The largest absolute Gasteiger partial charge is 0.366 e. The Hall–Kier alpha value is -3.21. The zero-order valence-electron chi connectivity index (χ0n) is 14.8. The molecule has 0 unspecified atom stereocenters. The van der Waals surface area contributed by atoms with Crippen LogP contribution in [-0.4, -0.2) is 22.4 Å². The van der Waals surface area contributed by atoms with E-state index in [0.29, 0.717) is 24.6 Å². The predicted molar refractivity (Wildman–Crippen MR) is 103 cm³/mol. The minimum absolute atomic E-state index is 0.193. The first-order valence-corrected chi connectivity index (χ1v) is 8.64. The molecule has 132 valence electrons. The fraction of sp³-hybridized carbons (Fsp3) is 0.190. The molecule has 0 fully saturated rings. The van der Waals surface area contributed by atoms with Crippen molar-refractivity contribution in [2.75, 3.05) is 11.9 Å². The molecule has 1 aromatic heterocycles. The lowest BCUT2D eigenvalue weighted by Crippen LogP contribution is -2.26. The lowest BCUT2D eigenvalue weighted by Gasteiger charge is -2.08. The van der Waals surface area contributed by atoms with Crippen molar-refractivity contribution in [1.29, 1.82) is 0 Å². The number of aryl methyl sites for hydroxylation is 1. The summed E-state index contributed by atoms with van der Waals surface area (Å²) in [6, 6.07) is 20.0. The first kappa shape index (κ1) is 17.6. The summed E-state index contributed by atoms with van der Waals surface area (Å²) in [5.41, 5.74) is 3.93. The Morgan fingerprint density at radius 1 is 0.962 bits per heavy atom. The Labute approximate surface area is 153 Å². The molecular formula is C21H22N4O. The molecule has 2 N–H and O–H groups in total. The third-order valence-corrected chi connectivity index (χ3v) is 4.00. The molecule has 3 rings (SSSR count). The van der Waals surface area contributed by atoms with Crippen LogP contribution in [0.2, 0.25) is 0 Å². The number of hydrogen-bond acceptors (Lipinski definition) is 4. The SMILES string of the molecule is Cc1cccc(CNc2cc(C(=O)NCCc3ccccc3)ncn2)c1. The average Bonchev–Trinajstić information content (AvgIpc) is 2.67. The zero-order chi connectivity index (χ0) is 18.2. The summed E-state index contributed by atoms with van der Waals surface area (Å²) in [6.07, 6.45) is 2.20. The van der Waals surface area contributed by atoms with Crippen molar-refractivity contribution in [2.45, 2.75) is 19.9 Å².